The molecule has 1 rings (SSSR count). The number of carbonyl (C=O) groups excluding carboxylic acids is 1. The summed E-state index contributed by atoms with van der Waals surface area (Å²) in [6.07, 6.45) is 2.47. The summed E-state index contributed by atoms with van der Waals surface area (Å²) in [6, 6.07) is 0. The molecule has 0 aliphatic heterocycles. The van der Waals surface area contributed by atoms with Gasteiger partial charge in [0.05, 0.1) is 11.8 Å². The van der Waals surface area contributed by atoms with Gasteiger partial charge in [-0.1, -0.05) is 15.9 Å². The normalized spacial score (nSPS) is 10.0. The van der Waals surface area contributed by atoms with E-state index in [1.807, 2.05) is 6.92 Å². The molecule has 1 aromatic rings. The second-order valence-electron chi connectivity index (χ2n) is 2.71. The second-order valence-corrected chi connectivity index (χ2v) is 3.50. The van der Waals surface area contributed by atoms with E-state index in [1.54, 1.807) is 6.20 Å². The monoisotopic (exact) mass is 245 g/mol. The highest BCUT2D eigenvalue weighted by atomic mass is 79.9. The molecule has 72 valence electrons. The predicted molar refractivity (Wildman–Crippen MR) is 54.1 cm³/mol. The first-order valence-electron chi connectivity index (χ1n) is 4.10. The van der Waals surface area contributed by atoms with Gasteiger partial charge in [0.25, 0.3) is 5.91 Å². The number of hydrogen-bond acceptors (Lipinski definition) is 2. The van der Waals surface area contributed by atoms with Gasteiger partial charge in [0, 0.05) is 17.6 Å². The Balaban J connectivity index is 2.45. The minimum absolute atomic E-state index is 0.0628. The smallest absolute Gasteiger partial charge is 0.254 e. The van der Waals surface area contributed by atoms with Crippen LogP contribution in [0, 0.1) is 6.92 Å². The highest BCUT2D eigenvalue weighted by molar-refractivity contribution is 9.09. The van der Waals surface area contributed by atoms with Gasteiger partial charge in [-0.05, 0) is 13.3 Å². The van der Waals surface area contributed by atoms with Crippen molar-refractivity contribution in [1.82, 2.24) is 15.5 Å². The van der Waals surface area contributed by atoms with Crippen molar-refractivity contribution in [2.24, 2.45) is 0 Å². The molecule has 0 bridgehead atoms. The zero-order valence-electron chi connectivity index (χ0n) is 7.43. The van der Waals surface area contributed by atoms with Crippen LogP contribution >= 0.6 is 15.9 Å². The van der Waals surface area contributed by atoms with Gasteiger partial charge in [-0.15, -0.1) is 0 Å². The Kier molecular flexibility index (Phi) is 3.95. The van der Waals surface area contributed by atoms with E-state index in [0.717, 1.165) is 17.4 Å². The van der Waals surface area contributed by atoms with Crippen LogP contribution in [0.3, 0.4) is 0 Å². The van der Waals surface area contributed by atoms with Crippen LogP contribution in [0.5, 0.6) is 0 Å². The fourth-order valence-electron chi connectivity index (χ4n) is 0.944. The molecule has 0 saturated carbocycles. The van der Waals surface area contributed by atoms with Crippen LogP contribution in [0.25, 0.3) is 0 Å². The molecule has 0 fully saturated rings. The maximum absolute atomic E-state index is 11.4. The highest BCUT2D eigenvalue weighted by Crippen LogP contribution is 2.01. The number of aromatic amines is 1. The van der Waals surface area contributed by atoms with E-state index in [1.165, 1.54) is 0 Å². The predicted octanol–water partition coefficient (Wildman–Crippen LogP) is 1.23. The maximum Gasteiger partial charge on any atom is 0.254 e. The number of hydrogen-bond donors (Lipinski definition) is 2. The zero-order chi connectivity index (χ0) is 9.68. The van der Waals surface area contributed by atoms with Crippen molar-refractivity contribution in [3.8, 4) is 0 Å². The molecule has 0 radical (unpaired) electrons. The number of H-pyrrole nitrogens is 1. The quantitative estimate of drug-likeness (QED) is 0.620. The first-order chi connectivity index (χ1) is 6.25. The number of halogens is 1. The van der Waals surface area contributed by atoms with Crippen molar-refractivity contribution in [2.45, 2.75) is 13.3 Å². The summed E-state index contributed by atoms with van der Waals surface area (Å²) in [4.78, 5) is 11.4. The Morgan fingerprint density at radius 1 is 1.77 bits per heavy atom. The average Bonchev–Trinajstić information content (AvgIpc) is 2.52. The van der Waals surface area contributed by atoms with Crippen molar-refractivity contribution in [2.75, 3.05) is 11.9 Å². The molecular weight excluding hydrogens is 234 g/mol. The number of nitrogens with zero attached hydrogens (tertiary/aromatic N) is 1. The number of aromatic nitrogens is 2. The van der Waals surface area contributed by atoms with Gasteiger partial charge < -0.3 is 5.32 Å². The van der Waals surface area contributed by atoms with Gasteiger partial charge in [-0.2, -0.15) is 5.10 Å². The van der Waals surface area contributed by atoms with Crippen LogP contribution in [-0.2, 0) is 0 Å². The third-order valence-corrected chi connectivity index (χ3v) is 2.23. The van der Waals surface area contributed by atoms with Gasteiger partial charge in [-0.3, -0.25) is 9.89 Å². The molecule has 4 nitrogen and oxygen atoms in total. The summed E-state index contributed by atoms with van der Waals surface area (Å²) < 4.78 is 0. The standard InChI is InChI=1S/C8H12BrN3O/c1-6-7(5-11-12-6)8(13)10-4-2-3-9/h5H,2-4H2,1H3,(H,10,13)(H,11,12). The Labute approximate surface area is 85.2 Å². The van der Waals surface area contributed by atoms with Gasteiger partial charge in [0.2, 0.25) is 0 Å². The van der Waals surface area contributed by atoms with Crippen molar-refractivity contribution in [1.29, 1.82) is 0 Å². The van der Waals surface area contributed by atoms with E-state index in [2.05, 4.69) is 31.4 Å². The van der Waals surface area contributed by atoms with E-state index < -0.39 is 0 Å². The van der Waals surface area contributed by atoms with E-state index in [9.17, 15) is 4.79 Å². The Hall–Kier alpha value is -0.840. The molecule has 0 saturated heterocycles. The summed E-state index contributed by atoms with van der Waals surface area (Å²) in [5.41, 5.74) is 1.42. The minimum atomic E-state index is -0.0628. The molecule has 0 aromatic carbocycles. The van der Waals surface area contributed by atoms with Crippen molar-refractivity contribution in [3.63, 3.8) is 0 Å². The second kappa shape index (κ2) is 5.01. The lowest BCUT2D eigenvalue weighted by molar-refractivity contribution is 0.0953. The van der Waals surface area contributed by atoms with Gasteiger partial charge in [0.15, 0.2) is 0 Å². The van der Waals surface area contributed by atoms with Crippen molar-refractivity contribution < 1.29 is 4.79 Å². The molecule has 5 heteroatoms. The summed E-state index contributed by atoms with van der Waals surface area (Å²) in [5, 5.41) is 10.2. The lowest BCUT2D eigenvalue weighted by atomic mass is 10.2. The number of alkyl halides is 1. The minimum Gasteiger partial charge on any atom is -0.352 e. The Morgan fingerprint density at radius 3 is 3.08 bits per heavy atom. The molecule has 13 heavy (non-hydrogen) atoms. The fourth-order valence-corrected chi connectivity index (χ4v) is 1.22. The van der Waals surface area contributed by atoms with E-state index in [0.29, 0.717) is 12.1 Å². The largest absolute Gasteiger partial charge is 0.352 e. The SMILES string of the molecule is Cc1[nH]ncc1C(=O)NCCCBr. The molecule has 1 aromatic heterocycles. The number of carbonyl (C=O) groups is 1. The molecule has 1 amide bonds. The maximum atomic E-state index is 11.4. The van der Waals surface area contributed by atoms with Crippen LogP contribution in [0.15, 0.2) is 6.20 Å². The van der Waals surface area contributed by atoms with E-state index >= 15 is 0 Å². The number of rotatable bonds is 4. The number of nitrogens with one attached hydrogen (secondary N) is 2. The average molecular weight is 246 g/mol. The van der Waals surface area contributed by atoms with Gasteiger partial charge in [-0.25, -0.2) is 0 Å². The van der Waals surface area contributed by atoms with Gasteiger partial charge >= 0.3 is 0 Å². The third-order valence-electron chi connectivity index (χ3n) is 1.67. The topological polar surface area (TPSA) is 57.8 Å². The highest BCUT2D eigenvalue weighted by Gasteiger charge is 2.08. The van der Waals surface area contributed by atoms with Crippen LogP contribution < -0.4 is 5.32 Å². The lowest BCUT2D eigenvalue weighted by Crippen LogP contribution is -2.24. The number of aryl methyl sites for hydroxylation is 1. The fraction of sp³-hybridized carbons (Fsp3) is 0.500. The van der Waals surface area contributed by atoms with Crippen LogP contribution in [0.4, 0.5) is 0 Å². The molecule has 0 aliphatic carbocycles. The number of amides is 1. The molecule has 0 unspecified atom stereocenters. The van der Waals surface area contributed by atoms with E-state index in [4.69, 9.17) is 0 Å². The zero-order valence-corrected chi connectivity index (χ0v) is 9.02. The first kappa shape index (κ1) is 10.2. The summed E-state index contributed by atoms with van der Waals surface area (Å²) in [7, 11) is 0. The van der Waals surface area contributed by atoms with Gasteiger partial charge in [0.1, 0.15) is 0 Å². The van der Waals surface area contributed by atoms with Crippen LogP contribution in [0.1, 0.15) is 22.5 Å². The molecule has 1 heterocycles. The molecule has 0 spiro atoms. The summed E-state index contributed by atoms with van der Waals surface area (Å²) in [5.74, 6) is -0.0628. The lowest BCUT2D eigenvalue weighted by Gasteiger charge is -2.01. The Morgan fingerprint density at radius 2 is 2.54 bits per heavy atom. The summed E-state index contributed by atoms with van der Waals surface area (Å²) in [6.45, 7) is 2.51. The van der Waals surface area contributed by atoms with Crippen LogP contribution in [-0.4, -0.2) is 28.0 Å². The van der Waals surface area contributed by atoms with Crippen molar-refractivity contribution in [3.05, 3.63) is 17.5 Å². The molecule has 2 N–H and O–H groups in total. The molecule has 0 aliphatic rings. The molecule has 0 atom stereocenters. The Bertz CT molecular complexity index is 285. The third kappa shape index (κ3) is 2.84. The molecular formula is C8H12BrN3O. The van der Waals surface area contributed by atoms with Crippen molar-refractivity contribution >= 4 is 21.8 Å². The summed E-state index contributed by atoms with van der Waals surface area (Å²) >= 11 is 3.29. The van der Waals surface area contributed by atoms with E-state index in [-0.39, 0.29) is 5.91 Å². The van der Waals surface area contributed by atoms with Crippen LogP contribution in [0.2, 0.25) is 0 Å². The first-order valence-corrected chi connectivity index (χ1v) is 5.22.